The summed E-state index contributed by atoms with van der Waals surface area (Å²) in [5.41, 5.74) is -0.803. The number of amides is 1. The molecule has 2 aromatic carbocycles. The fourth-order valence-electron chi connectivity index (χ4n) is 3.61. The molecule has 3 atom stereocenters. The fraction of sp³-hybridized carbons (Fsp3) is 0.250. The van der Waals surface area contributed by atoms with E-state index in [0.717, 1.165) is 31.2 Å². The van der Waals surface area contributed by atoms with Crippen LogP contribution in [0.5, 0.6) is 11.5 Å². The van der Waals surface area contributed by atoms with E-state index in [-0.39, 0.29) is 28.2 Å². The molecule has 168 valence electrons. The molecule has 0 aromatic heterocycles. The normalized spacial score (nSPS) is 19.7. The SMILES string of the molecule is CC(=O)NS(=O)(=O)c1ccc(Oc2cc(F)cc(C#N)c2)c2c1[C@H](CC(=O)O)[C@@H](F)[C@@H]2O. The number of aliphatic hydroxyl groups is 1. The number of benzene rings is 2. The number of nitrogens with zero attached hydrogens (tertiary/aromatic N) is 1. The van der Waals surface area contributed by atoms with Crippen LogP contribution in [0.4, 0.5) is 8.78 Å². The molecule has 0 heterocycles. The molecule has 0 unspecified atom stereocenters. The third-order valence-electron chi connectivity index (χ3n) is 4.75. The van der Waals surface area contributed by atoms with Gasteiger partial charge in [0.05, 0.1) is 22.9 Å². The minimum atomic E-state index is -4.54. The van der Waals surface area contributed by atoms with Crippen molar-refractivity contribution in [3.63, 3.8) is 0 Å². The van der Waals surface area contributed by atoms with Crippen LogP contribution in [0.15, 0.2) is 35.2 Å². The second-order valence-electron chi connectivity index (χ2n) is 7.03. The maximum Gasteiger partial charge on any atom is 0.304 e. The van der Waals surface area contributed by atoms with Gasteiger partial charge in [0.25, 0.3) is 10.0 Å². The Hall–Kier alpha value is -3.56. The van der Waals surface area contributed by atoms with Crippen molar-refractivity contribution in [1.29, 1.82) is 5.26 Å². The second-order valence-corrected chi connectivity index (χ2v) is 8.68. The molecule has 0 aliphatic heterocycles. The molecule has 1 aliphatic rings. The minimum Gasteiger partial charge on any atom is -0.481 e. The highest BCUT2D eigenvalue weighted by molar-refractivity contribution is 7.90. The van der Waals surface area contributed by atoms with E-state index in [2.05, 4.69) is 0 Å². The molecule has 0 saturated heterocycles. The lowest BCUT2D eigenvalue weighted by Gasteiger charge is -2.17. The Morgan fingerprint density at radius 2 is 1.94 bits per heavy atom. The number of hydrogen-bond acceptors (Lipinski definition) is 7. The van der Waals surface area contributed by atoms with Crippen LogP contribution in [-0.2, 0) is 19.6 Å². The maximum absolute atomic E-state index is 14.9. The molecule has 0 fully saturated rings. The van der Waals surface area contributed by atoms with Gasteiger partial charge in [-0.15, -0.1) is 0 Å². The van der Waals surface area contributed by atoms with Crippen molar-refractivity contribution in [2.75, 3.05) is 0 Å². The number of nitrogens with one attached hydrogen (secondary N) is 1. The standard InChI is InChI=1S/C20H16F2N2O7S/c1-9(25)24-32(29,30)15-3-2-14(31-12-5-10(8-23)4-11(21)6-12)18-17(15)13(7-16(26)27)19(22)20(18)28/h2-6,13,19-20,28H,7H2,1H3,(H,24,25)(H,26,27)/t13-,19+,20+/m0/s1. The van der Waals surface area contributed by atoms with Gasteiger partial charge in [-0.1, -0.05) is 0 Å². The lowest BCUT2D eigenvalue weighted by Crippen LogP contribution is -2.29. The summed E-state index contributed by atoms with van der Waals surface area (Å²) in [4.78, 5) is 22.0. The number of carbonyl (C=O) groups excluding carboxylic acids is 1. The summed E-state index contributed by atoms with van der Waals surface area (Å²) in [6, 6.07) is 6.77. The van der Waals surface area contributed by atoms with E-state index in [4.69, 9.17) is 15.1 Å². The molecule has 3 rings (SSSR count). The Balaban J connectivity index is 2.22. The quantitative estimate of drug-likeness (QED) is 0.586. The summed E-state index contributed by atoms with van der Waals surface area (Å²) in [5, 5.41) is 28.6. The molecule has 9 nitrogen and oxygen atoms in total. The Labute approximate surface area is 180 Å². The van der Waals surface area contributed by atoms with E-state index in [0.29, 0.717) is 0 Å². The van der Waals surface area contributed by atoms with Gasteiger partial charge in [-0.05, 0) is 29.8 Å². The highest BCUT2D eigenvalue weighted by Gasteiger charge is 2.46. The highest BCUT2D eigenvalue weighted by atomic mass is 32.2. The van der Waals surface area contributed by atoms with E-state index in [1.807, 2.05) is 0 Å². The summed E-state index contributed by atoms with van der Waals surface area (Å²) in [6.45, 7) is 0.938. The molecule has 1 aliphatic carbocycles. The molecule has 0 saturated carbocycles. The minimum absolute atomic E-state index is 0.0887. The average Bonchev–Trinajstić information content (AvgIpc) is 2.92. The molecule has 0 spiro atoms. The van der Waals surface area contributed by atoms with Gasteiger partial charge in [-0.3, -0.25) is 9.59 Å². The first-order valence-corrected chi connectivity index (χ1v) is 10.6. The molecule has 3 N–H and O–H groups in total. The number of carboxylic acid groups (broad SMARTS) is 1. The summed E-state index contributed by atoms with van der Waals surface area (Å²) in [7, 11) is -4.54. The van der Waals surface area contributed by atoms with Crippen LogP contribution in [0.25, 0.3) is 0 Å². The van der Waals surface area contributed by atoms with Crippen molar-refractivity contribution in [2.45, 2.75) is 36.4 Å². The predicted octanol–water partition coefficient (Wildman–Crippen LogP) is 2.26. The summed E-state index contributed by atoms with van der Waals surface area (Å²) >= 11 is 0. The van der Waals surface area contributed by atoms with Crippen LogP contribution in [0.3, 0.4) is 0 Å². The van der Waals surface area contributed by atoms with Crippen molar-refractivity contribution in [2.24, 2.45) is 0 Å². The van der Waals surface area contributed by atoms with Crippen molar-refractivity contribution in [3.05, 3.63) is 52.8 Å². The van der Waals surface area contributed by atoms with Gasteiger partial charge in [-0.2, -0.15) is 5.26 Å². The van der Waals surface area contributed by atoms with Crippen LogP contribution < -0.4 is 9.46 Å². The summed E-state index contributed by atoms with van der Waals surface area (Å²) < 4.78 is 61.2. The predicted molar refractivity (Wildman–Crippen MR) is 103 cm³/mol. The number of halogens is 2. The fourth-order valence-corrected chi connectivity index (χ4v) is 4.89. The largest absolute Gasteiger partial charge is 0.481 e. The van der Waals surface area contributed by atoms with Crippen molar-refractivity contribution in [3.8, 4) is 17.6 Å². The molecule has 1 amide bonds. The molecular weight excluding hydrogens is 450 g/mol. The first kappa shape index (κ1) is 23.1. The third-order valence-corrected chi connectivity index (χ3v) is 6.24. The van der Waals surface area contributed by atoms with Gasteiger partial charge in [0.1, 0.15) is 29.6 Å². The Morgan fingerprint density at radius 3 is 2.53 bits per heavy atom. The summed E-state index contributed by atoms with van der Waals surface area (Å²) in [5.74, 6) is -5.22. The Bertz CT molecular complexity index is 1260. The third kappa shape index (κ3) is 4.39. The number of carbonyl (C=O) groups is 2. The van der Waals surface area contributed by atoms with Gasteiger partial charge in [0, 0.05) is 24.5 Å². The lowest BCUT2D eigenvalue weighted by atomic mass is 9.96. The number of nitriles is 1. The van der Waals surface area contributed by atoms with Crippen molar-refractivity contribution >= 4 is 21.9 Å². The van der Waals surface area contributed by atoms with Gasteiger partial charge in [0.15, 0.2) is 0 Å². The number of aliphatic carboxylic acids is 1. The van der Waals surface area contributed by atoms with Gasteiger partial charge < -0.3 is 14.9 Å². The Kier molecular flexibility index (Phi) is 6.16. The van der Waals surface area contributed by atoms with E-state index in [1.165, 1.54) is 6.07 Å². The van der Waals surface area contributed by atoms with Gasteiger partial charge in [0.2, 0.25) is 5.91 Å². The number of alkyl halides is 1. The first-order chi connectivity index (χ1) is 14.9. The molecule has 32 heavy (non-hydrogen) atoms. The van der Waals surface area contributed by atoms with E-state index in [1.54, 1.807) is 10.8 Å². The van der Waals surface area contributed by atoms with E-state index in [9.17, 15) is 31.9 Å². The zero-order valence-corrected chi connectivity index (χ0v) is 17.2. The molecule has 0 radical (unpaired) electrons. The number of sulfonamides is 1. The van der Waals surface area contributed by atoms with Crippen LogP contribution in [0.1, 0.15) is 42.1 Å². The Morgan fingerprint density at radius 1 is 1.25 bits per heavy atom. The van der Waals surface area contributed by atoms with Crippen LogP contribution >= 0.6 is 0 Å². The number of hydrogen-bond donors (Lipinski definition) is 3. The van der Waals surface area contributed by atoms with Gasteiger partial charge >= 0.3 is 5.97 Å². The van der Waals surface area contributed by atoms with Crippen molar-refractivity contribution in [1.82, 2.24) is 4.72 Å². The maximum atomic E-state index is 14.9. The topological polar surface area (TPSA) is 154 Å². The lowest BCUT2D eigenvalue weighted by molar-refractivity contribution is -0.138. The molecular formula is C20H16F2N2O7S. The number of rotatable bonds is 6. The molecule has 12 heteroatoms. The number of aliphatic hydroxyl groups excluding tert-OH is 1. The van der Waals surface area contributed by atoms with E-state index >= 15 is 0 Å². The van der Waals surface area contributed by atoms with E-state index < -0.39 is 57.2 Å². The average molecular weight is 466 g/mol. The smallest absolute Gasteiger partial charge is 0.304 e. The number of carboxylic acids is 1. The highest BCUT2D eigenvalue weighted by Crippen LogP contribution is 2.51. The first-order valence-electron chi connectivity index (χ1n) is 9.07. The molecule has 2 aromatic rings. The monoisotopic (exact) mass is 466 g/mol. The van der Waals surface area contributed by atoms with Crippen LogP contribution in [0, 0.1) is 17.1 Å². The van der Waals surface area contributed by atoms with Crippen molar-refractivity contribution < 1.29 is 41.7 Å². The second kappa shape index (κ2) is 8.52. The van der Waals surface area contributed by atoms with Gasteiger partial charge in [-0.25, -0.2) is 21.9 Å². The van der Waals surface area contributed by atoms with Crippen LogP contribution in [-0.4, -0.2) is 36.7 Å². The van der Waals surface area contributed by atoms with Crippen LogP contribution in [0.2, 0.25) is 0 Å². The molecule has 0 bridgehead atoms. The number of ether oxygens (including phenoxy) is 1. The zero-order valence-electron chi connectivity index (χ0n) is 16.4. The summed E-state index contributed by atoms with van der Waals surface area (Å²) in [6.07, 6.45) is -5.00. The zero-order chi connectivity index (χ0) is 23.8. The number of fused-ring (bicyclic) bond motifs is 1.